The molecular weight excluding hydrogens is 358 g/mol. The van der Waals surface area contributed by atoms with Gasteiger partial charge in [0.2, 0.25) is 0 Å². The maximum absolute atomic E-state index is 12.3. The van der Waals surface area contributed by atoms with E-state index in [1.165, 1.54) is 14.0 Å². The van der Waals surface area contributed by atoms with E-state index in [9.17, 15) is 14.4 Å². The second-order valence-corrected chi connectivity index (χ2v) is 6.75. The van der Waals surface area contributed by atoms with Crippen LogP contribution in [0.25, 0.3) is 11.1 Å². The van der Waals surface area contributed by atoms with Crippen molar-refractivity contribution in [2.24, 2.45) is 0 Å². The summed E-state index contributed by atoms with van der Waals surface area (Å²) in [5.41, 5.74) is 4.52. The first-order valence-corrected chi connectivity index (χ1v) is 9.20. The Bertz CT molecular complexity index is 847. The van der Waals surface area contributed by atoms with Gasteiger partial charge in [0.1, 0.15) is 6.61 Å². The minimum atomic E-state index is -0.783. The molecule has 0 radical (unpaired) electrons. The van der Waals surface area contributed by atoms with Crippen LogP contribution in [0.1, 0.15) is 36.8 Å². The van der Waals surface area contributed by atoms with Gasteiger partial charge in [0.15, 0.2) is 5.78 Å². The molecule has 1 amide bonds. The third-order valence-corrected chi connectivity index (χ3v) is 4.99. The molecule has 0 bridgehead atoms. The number of amides is 1. The summed E-state index contributed by atoms with van der Waals surface area (Å²) in [6.45, 7) is 1.53. The summed E-state index contributed by atoms with van der Waals surface area (Å²) in [5, 5.41) is 2.55. The number of carbonyl (C=O) groups excluding carboxylic acids is 3. The smallest absolute Gasteiger partial charge is 0.407 e. The fraction of sp³-hybridized carbons (Fsp3) is 0.318. The largest absolute Gasteiger partial charge is 0.469 e. The Hall–Kier alpha value is -3.15. The Morgan fingerprint density at radius 1 is 1.00 bits per heavy atom. The van der Waals surface area contributed by atoms with E-state index >= 15 is 0 Å². The number of benzene rings is 2. The number of hydrogen-bond donors (Lipinski definition) is 1. The van der Waals surface area contributed by atoms with Crippen LogP contribution in [0, 0.1) is 0 Å². The van der Waals surface area contributed by atoms with Crippen LogP contribution in [-0.2, 0) is 19.1 Å². The third-order valence-electron chi connectivity index (χ3n) is 4.99. The van der Waals surface area contributed by atoms with Gasteiger partial charge >= 0.3 is 12.1 Å². The van der Waals surface area contributed by atoms with Gasteiger partial charge in [-0.15, -0.1) is 0 Å². The number of hydrogen-bond acceptors (Lipinski definition) is 5. The highest BCUT2D eigenvalue weighted by molar-refractivity contribution is 5.86. The van der Waals surface area contributed by atoms with Crippen LogP contribution in [0.3, 0.4) is 0 Å². The van der Waals surface area contributed by atoms with E-state index in [4.69, 9.17) is 4.74 Å². The molecule has 2 aromatic carbocycles. The molecule has 0 heterocycles. The minimum Gasteiger partial charge on any atom is -0.469 e. The van der Waals surface area contributed by atoms with Crippen molar-refractivity contribution in [1.29, 1.82) is 0 Å². The first-order valence-electron chi connectivity index (χ1n) is 9.20. The first-order chi connectivity index (χ1) is 13.5. The van der Waals surface area contributed by atoms with Crippen molar-refractivity contribution >= 4 is 17.8 Å². The molecule has 6 heteroatoms. The van der Waals surface area contributed by atoms with Gasteiger partial charge in [0.05, 0.1) is 13.2 Å². The molecule has 6 nitrogen and oxygen atoms in total. The number of fused-ring (bicyclic) bond motifs is 3. The molecule has 1 atom stereocenters. The normalized spacial score (nSPS) is 13.2. The SMILES string of the molecule is COC(=O)CC[C@@H](NC(=O)OCC1c2ccccc2-c2ccccc21)C(C)=O. The molecular formula is C22H23NO5. The van der Waals surface area contributed by atoms with Crippen molar-refractivity contribution in [2.45, 2.75) is 31.7 Å². The Labute approximate surface area is 163 Å². The highest BCUT2D eigenvalue weighted by Crippen LogP contribution is 2.44. The van der Waals surface area contributed by atoms with E-state index in [2.05, 4.69) is 22.2 Å². The minimum absolute atomic E-state index is 0.0460. The van der Waals surface area contributed by atoms with Crippen molar-refractivity contribution in [3.05, 3.63) is 59.7 Å². The number of carbonyl (C=O) groups is 3. The molecule has 0 saturated heterocycles. The van der Waals surface area contributed by atoms with E-state index in [0.29, 0.717) is 0 Å². The van der Waals surface area contributed by atoms with Gasteiger partial charge in [-0.1, -0.05) is 48.5 Å². The number of esters is 1. The lowest BCUT2D eigenvalue weighted by atomic mass is 9.98. The van der Waals surface area contributed by atoms with Gasteiger partial charge in [-0.2, -0.15) is 0 Å². The molecule has 1 aliphatic rings. The molecule has 3 rings (SSSR count). The fourth-order valence-electron chi connectivity index (χ4n) is 3.52. The maximum atomic E-state index is 12.3. The Balaban J connectivity index is 1.64. The average Bonchev–Trinajstić information content (AvgIpc) is 3.03. The van der Waals surface area contributed by atoms with Crippen molar-refractivity contribution in [3.8, 4) is 11.1 Å². The molecule has 1 N–H and O–H groups in total. The van der Waals surface area contributed by atoms with Gasteiger partial charge in [-0.25, -0.2) is 4.79 Å². The molecule has 0 fully saturated rings. The lowest BCUT2D eigenvalue weighted by molar-refractivity contribution is -0.140. The topological polar surface area (TPSA) is 81.7 Å². The van der Waals surface area contributed by atoms with Gasteiger partial charge in [0, 0.05) is 12.3 Å². The van der Waals surface area contributed by atoms with Gasteiger partial charge in [-0.3, -0.25) is 9.59 Å². The maximum Gasteiger partial charge on any atom is 0.407 e. The van der Waals surface area contributed by atoms with Gasteiger partial charge < -0.3 is 14.8 Å². The summed E-state index contributed by atoms with van der Waals surface area (Å²) in [7, 11) is 1.28. The van der Waals surface area contributed by atoms with Crippen LogP contribution in [0.4, 0.5) is 4.79 Å². The summed E-state index contributed by atoms with van der Waals surface area (Å²) in [6, 6.07) is 15.3. The quantitative estimate of drug-likeness (QED) is 0.743. The van der Waals surface area contributed by atoms with E-state index in [1.807, 2.05) is 36.4 Å². The molecule has 146 valence electrons. The predicted molar refractivity (Wildman–Crippen MR) is 104 cm³/mol. The second-order valence-electron chi connectivity index (χ2n) is 6.75. The van der Waals surface area contributed by atoms with E-state index in [1.54, 1.807) is 0 Å². The molecule has 28 heavy (non-hydrogen) atoms. The van der Waals surface area contributed by atoms with Crippen molar-refractivity contribution in [2.75, 3.05) is 13.7 Å². The Morgan fingerprint density at radius 3 is 2.11 bits per heavy atom. The molecule has 0 aromatic heterocycles. The zero-order valence-electron chi connectivity index (χ0n) is 15.9. The lowest BCUT2D eigenvalue weighted by Crippen LogP contribution is -2.40. The fourth-order valence-corrected chi connectivity index (χ4v) is 3.52. The number of ether oxygens (including phenoxy) is 2. The highest BCUT2D eigenvalue weighted by atomic mass is 16.5. The van der Waals surface area contributed by atoms with Crippen LogP contribution in [0.5, 0.6) is 0 Å². The summed E-state index contributed by atoms with van der Waals surface area (Å²) in [6.07, 6.45) is -0.455. The standard InChI is InChI=1S/C22H23NO5/c1-14(24)20(11-12-21(25)27-2)23-22(26)28-13-19-17-9-5-3-7-15(17)16-8-4-6-10-18(16)19/h3-10,19-20H,11-13H2,1-2H3,(H,23,26)/t20-/m1/s1. The molecule has 0 saturated carbocycles. The van der Waals surface area contributed by atoms with Crippen LogP contribution < -0.4 is 5.32 Å². The number of alkyl carbamates (subject to hydrolysis) is 1. The van der Waals surface area contributed by atoms with Gasteiger partial charge in [-0.05, 0) is 35.6 Å². The number of Topliss-reactive ketones (excluding diaryl/α,β-unsaturated/α-hetero) is 1. The molecule has 0 aliphatic heterocycles. The van der Waals surface area contributed by atoms with Crippen LogP contribution in [0.15, 0.2) is 48.5 Å². The Kier molecular flexibility index (Phi) is 6.09. The molecule has 1 aliphatic carbocycles. The predicted octanol–water partition coefficient (Wildman–Crippen LogP) is 3.44. The number of ketones is 1. The van der Waals surface area contributed by atoms with Crippen molar-refractivity contribution in [1.82, 2.24) is 5.32 Å². The van der Waals surface area contributed by atoms with Crippen LogP contribution >= 0.6 is 0 Å². The Morgan fingerprint density at radius 2 is 1.57 bits per heavy atom. The zero-order valence-corrected chi connectivity index (χ0v) is 15.9. The summed E-state index contributed by atoms with van der Waals surface area (Å²) >= 11 is 0. The van der Waals surface area contributed by atoms with E-state index in [0.717, 1.165) is 22.3 Å². The van der Waals surface area contributed by atoms with Crippen LogP contribution in [0.2, 0.25) is 0 Å². The molecule has 2 aromatic rings. The summed E-state index contributed by atoms with van der Waals surface area (Å²) in [5.74, 6) is -0.720. The molecule has 0 spiro atoms. The second kappa shape index (κ2) is 8.69. The van der Waals surface area contributed by atoms with Crippen LogP contribution in [-0.4, -0.2) is 37.6 Å². The van der Waals surface area contributed by atoms with Crippen molar-refractivity contribution < 1.29 is 23.9 Å². The zero-order chi connectivity index (χ0) is 20.1. The average molecular weight is 381 g/mol. The molecule has 0 unspecified atom stereocenters. The number of nitrogens with one attached hydrogen (secondary N) is 1. The van der Waals surface area contributed by atoms with E-state index in [-0.39, 0.29) is 31.1 Å². The third kappa shape index (κ3) is 4.22. The monoisotopic (exact) mass is 381 g/mol. The summed E-state index contributed by atoms with van der Waals surface area (Å²) < 4.78 is 10.0. The summed E-state index contributed by atoms with van der Waals surface area (Å²) in [4.78, 5) is 35.3. The van der Waals surface area contributed by atoms with E-state index < -0.39 is 18.1 Å². The highest BCUT2D eigenvalue weighted by Gasteiger charge is 2.29. The number of methoxy groups -OCH3 is 1. The number of rotatable bonds is 7. The first kappa shape index (κ1) is 19.6. The van der Waals surface area contributed by atoms with Gasteiger partial charge in [0.25, 0.3) is 0 Å². The van der Waals surface area contributed by atoms with Crippen molar-refractivity contribution in [3.63, 3.8) is 0 Å². The lowest BCUT2D eigenvalue weighted by Gasteiger charge is -2.18.